The Kier molecular flexibility index (Phi) is 28.8. The molecule has 364 valence electrons. The first-order valence-electron chi connectivity index (χ1n) is 22.5. The largest absolute Gasteiger partial charge is 0.508 e. The average molecular weight is 933 g/mol. The molecule has 0 spiro atoms. The van der Waals surface area contributed by atoms with Gasteiger partial charge in [0.1, 0.15) is 5.75 Å². The number of aromatic hydroxyl groups is 1. The quantitative estimate of drug-likeness (QED) is 0.0361. The lowest BCUT2D eigenvalue weighted by Gasteiger charge is -2.19. The first-order valence-corrected chi connectivity index (χ1v) is 24.0. The minimum atomic E-state index is -4.20. The van der Waals surface area contributed by atoms with Crippen LogP contribution >= 0.6 is 0 Å². The number of rotatable bonds is 38. The van der Waals surface area contributed by atoms with Crippen molar-refractivity contribution in [3.63, 3.8) is 0 Å². The van der Waals surface area contributed by atoms with Crippen LogP contribution in [-0.4, -0.2) is 150 Å². The summed E-state index contributed by atoms with van der Waals surface area (Å²) in [6.07, 6.45) is 2.11. The number of phenols is 1. The predicted molar refractivity (Wildman–Crippen MR) is 249 cm³/mol. The lowest BCUT2D eigenvalue weighted by molar-refractivity contribution is -0.122. The van der Waals surface area contributed by atoms with E-state index in [9.17, 15) is 23.1 Å². The standard InChI is InChI=1S/C47H72N4O13S/c1-4-38(2)39(3)41-7-9-42(10-8-41)50-37-51-43-11-15-45(16-12-43)65(55,56)47(54)49-20-22-58-24-26-60-28-30-62-32-34-64-36-35-63-33-31-61-29-27-59-25-23-57-21-18-46(53)48-19-17-40-5-13-44(52)14-6-40/h5-16,38-39,50-52H,4,17-37H2,1-3H3,(H,48,53)(H,49,54). The molecule has 18 heteroatoms. The summed E-state index contributed by atoms with van der Waals surface area (Å²) in [5.41, 5.74) is 4.04. The van der Waals surface area contributed by atoms with Crippen LogP contribution in [0.4, 0.5) is 16.2 Å². The van der Waals surface area contributed by atoms with Crippen LogP contribution in [0.1, 0.15) is 50.7 Å². The number of carbonyl (C=O) groups excluding carboxylic acids is 2. The minimum absolute atomic E-state index is 0.0359. The van der Waals surface area contributed by atoms with Gasteiger partial charge in [-0.2, -0.15) is 0 Å². The molecule has 0 fully saturated rings. The molecule has 0 aliphatic heterocycles. The van der Waals surface area contributed by atoms with Crippen LogP contribution < -0.4 is 21.3 Å². The highest BCUT2D eigenvalue weighted by Crippen LogP contribution is 2.27. The van der Waals surface area contributed by atoms with Gasteiger partial charge < -0.3 is 64.3 Å². The Bertz CT molecular complexity index is 1800. The topological polar surface area (TPSA) is 210 Å². The van der Waals surface area contributed by atoms with Gasteiger partial charge in [0, 0.05) is 30.9 Å². The zero-order valence-electron chi connectivity index (χ0n) is 38.4. The number of anilines is 2. The van der Waals surface area contributed by atoms with Crippen molar-refractivity contribution in [3.05, 3.63) is 83.9 Å². The summed E-state index contributed by atoms with van der Waals surface area (Å²) in [5.74, 6) is 1.26. The molecule has 2 amide bonds. The minimum Gasteiger partial charge on any atom is -0.508 e. The van der Waals surface area contributed by atoms with E-state index < -0.39 is 15.1 Å². The molecule has 0 radical (unpaired) electrons. The van der Waals surface area contributed by atoms with Crippen LogP contribution in [0, 0.1) is 5.92 Å². The third-order valence-electron chi connectivity index (χ3n) is 10.2. The van der Waals surface area contributed by atoms with Crippen molar-refractivity contribution in [1.82, 2.24) is 10.6 Å². The first kappa shape index (κ1) is 55.0. The molecule has 2 unspecified atom stereocenters. The molecule has 0 aromatic heterocycles. The summed E-state index contributed by atoms with van der Waals surface area (Å²) in [5, 5.41) is 20.0. The van der Waals surface area contributed by atoms with Crippen molar-refractivity contribution < 1.29 is 61.0 Å². The second kappa shape index (κ2) is 34.0. The summed E-state index contributed by atoms with van der Waals surface area (Å²) < 4.78 is 69.3. The number of benzene rings is 3. The van der Waals surface area contributed by atoms with Gasteiger partial charge in [0.15, 0.2) is 0 Å². The van der Waals surface area contributed by atoms with Crippen molar-refractivity contribution in [1.29, 1.82) is 0 Å². The summed E-state index contributed by atoms with van der Waals surface area (Å²) in [6.45, 7) is 13.9. The molecule has 65 heavy (non-hydrogen) atoms. The number of phenolic OH excluding ortho intramolecular Hbond substituents is 1. The Hall–Kier alpha value is -4.37. The van der Waals surface area contributed by atoms with E-state index in [1.165, 1.54) is 17.7 Å². The van der Waals surface area contributed by atoms with Gasteiger partial charge in [0.25, 0.3) is 9.84 Å². The Morgan fingerprint density at radius 2 is 0.985 bits per heavy atom. The van der Waals surface area contributed by atoms with Crippen molar-refractivity contribution in [2.75, 3.05) is 136 Å². The van der Waals surface area contributed by atoms with E-state index in [1.54, 1.807) is 24.3 Å². The van der Waals surface area contributed by atoms with Gasteiger partial charge in [0.05, 0.1) is 117 Å². The molecule has 0 aliphatic carbocycles. The molecule has 5 N–H and O–H groups in total. The van der Waals surface area contributed by atoms with Crippen LogP contribution in [0.5, 0.6) is 5.75 Å². The van der Waals surface area contributed by atoms with Crippen molar-refractivity contribution in [3.8, 4) is 5.75 Å². The zero-order chi connectivity index (χ0) is 46.8. The second-order valence-electron chi connectivity index (χ2n) is 15.0. The molecule has 17 nitrogen and oxygen atoms in total. The van der Waals surface area contributed by atoms with Crippen LogP contribution in [0.15, 0.2) is 77.7 Å². The number of carbonyl (C=O) groups is 2. The van der Waals surface area contributed by atoms with E-state index in [0.717, 1.165) is 17.7 Å². The fourth-order valence-corrected chi connectivity index (χ4v) is 6.92. The molecular weight excluding hydrogens is 861 g/mol. The lowest BCUT2D eigenvalue weighted by Crippen LogP contribution is -2.32. The predicted octanol–water partition coefficient (Wildman–Crippen LogP) is 5.39. The van der Waals surface area contributed by atoms with Gasteiger partial charge in [-0.15, -0.1) is 0 Å². The smallest absolute Gasteiger partial charge is 0.341 e. The normalized spacial score (nSPS) is 12.4. The monoisotopic (exact) mass is 932 g/mol. The second-order valence-corrected chi connectivity index (χ2v) is 16.8. The fraction of sp³-hybridized carbons (Fsp3) is 0.574. The van der Waals surface area contributed by atoms with Crippen LogP contribution in [0.2, 0.25) is 0 Å². The molecule has 0 saturated heterocycles. The highest BCUT2D eigenvalue weighted by molar-refractivity contribution is 8.06. The summed E-state index contributed by atoms with van der Waals surface area (Å²) in [6, 6.07) is 21.4. The van der Waals surface area contributed by atoms with Crippen molar-refractivity contribution in [2.24, 2.45) is 5.92 Å². The van der Waals surface area contributed by atoms with E-state index in [0.29, 0.717) is 130 Å². The maximum absolute atomic E-state index is 12.7. The highest BCUT2D eigenvalue weighted by atomic mass is 32.2. The summed E-state index contributed by atoms with van der Waals surface area (Å²) in [7, 11) is -4.20. The van der Waals surface area contributed by atoms with Gasteiger partial charge in [0.2, 0.25) is 5.91 Å². The van der Waals surface area contributed by atoms with E-state index in [1.807, 2.05) is 12.1 Å². The zero-order valence-corrected chi connectivity index (χ0v) is 39.2. The molecule has 3 aromatic carbocycles. The number of nitrogens with one attached hydrogen (secondary N) is 4. The van der Waals surface area contributed by atoms with Crippen molar-refractivity contribution in [2.45, 2.75) is 50.8 Å². The van der Waals surface area contributed by atoms with Gasteiger partial charge in [-0.1, -0.05) is 51.5 Å². The maximum Gasteiger partial charge on any atom is 0.341 e. The summed E-state index contributed by atoms with van der Waals surface area (Å²) in [4.78, 5) is 24.2. The van der Waals surface area contributed by atoms with Gasteiger partial charge >= 0.3 is 5.24 Å². The van der Waals surface area contributed by atoms with Crippen LogP contribution in [-0.2, 0) is 58.9 Å². The molecule has 3 rings (SSSR count). The fourth-order valence-electron chi connectivity index (χ4n) is 5.92. The molecule has 0 bridgehead atoms. The van der Waals surface area contributed by atoms with E-state index in [2.05, 4.69) is 66.3 Å². The Balaban J connectivity index is 1.02. The lowest BCUT2D eigenvalue weighted by atomic mass is 9.87. The van der Waals surface area contributed by atoms with Crippen LogP contribution in [0.3, 0.4) is 0 Å². The molecule has 0 heterocycles. The van der Waals surface area contributed by atoms with Crippen LogP contribution in [0.25, 0.3) is 0 Å². The maximum atomic E-state index is 12.7. The van der Waals surface area contributed by atoms with Gasteiger partial charge in [-0.05, 0) is 77.9 Å². The number of sulfone groups is 1. The Morgan fingerprint density at radius 3 is 1.45 bits per heavy atom. The number of hydrogen-bond donors (Lipinski definition) is 5. The number of hydrogen-bond acceptors (Lipinski definition) is 15. The Morgan fingerprint density at radius 1 is 0.554 bits per heavy atom. The molecule has 0 saturated carbocycles. The van der Waals surface area contributed by atoms with Gasteiger partial charge in [-0.3, -0.25) is 9.59 Å². The molecular formula is C47H72N4O13S. The van der Waals surface area contributed by atoms with E-state index in [4.69, 9.17) is 37.9 Å². The van der Waals surface area contributed by atoms with Crippen molar-refractivity contribution >= 4 is 32.4 Å². The van der Waals surface area contributed by atoms with Gasteiger partial charge in [-0.25, -0.2) is 8.42 Å². The van der Waals surface area contributed by atoms with E-state index in [-0.39, 0.29) is 42.7 Å². The summed E-state index contributed by atoms with van der Waals surface area (Å²) >= 11 is 0. The Labute approximate surface area is 385 Å². The highest BCUT2D eigenvalue weighted by Gasteiger charge is 2.24. The number of amides is 2. The van der Waals surface area contributed by atoms with E-state index >= 15 is 0 Å². The average Bonchev–Trinajstić information content (AvgIpc) is 3.31. The molecule has 0 aliphatic rings. The third-order valence-corrected chi connectivity index (χ3v) is 11.7. The third kappa shape index (κ3) is 24.7. The first-order chi connectivity index (χ1) is 31.6. The molecule has 2 atom stereocenters. The number of ether oxygens (including phenoxy) is 8. The molecule has 3 aromatic rings. The SMILES string of the molecule is CCC(C)C(C)c1ccc(NCNc2ccc(S(=O)(=O)C(=O)NCCOCCOCCOCCOCCOCCOCCOCCOCCC(=O)NCCc3ccc(O)cc3)cc2)cc1.